The Morgan fingerprint density at radius 2 is 0.981 bits per heavy atom. The summed E-state index contributed by atoms with van der Waals surface area (Å²) >= 11 is 0. The molecule has 0 saturated heterocycles. The lowest BCUT2D eigenvalue weighted by molar-refractivity contribution is -0.171. The second kappa shape index (κ2) is 25.2. The molecule has 1 rings (SSSR count). The first-order valence-corrected chi connectivity index (χ1v) is 27.9. The van der Waals surface area contributed by atoms with Crippen LogP contribution < -0.4 is 0 Å². The minimum atomic E-state index is -1.59. The molecule has 0 aliphatic carbocycles. The summed E-state index contributed by atoms with van der Waals surface area (Å²) in [5, 5.41) is 0. The van der Waals surface area contributed by atoms with E-state index >= 15 is 0 Å². The summed E-state index contributed by atoms with van der Waals surface area (Å²) in [5.74, 6) is 35.9. The van der Waals surface area contributed by atoms with Crippen molar-refractivity contribution in [3.05, 3.63) is 35.9 Å². The Bertz CT molecular complexity index is 1770. The summed E-state index contributed by atoms with van der Waals surface area (Å²) in [7, 11) is -4.24. The van der Waals surface area contributed by atoms with Gasteiger partial charge in [-0.1, -0.05) is 119 Å². The molecule has 0 spiro atoms. The van der Waals surface area contributed by atoms with Crippen molar-refractivity contribution in [1.82, 2.24) is 4.90 Å². The molecule has 8 heteroatoms. The van der Waals surface area contributed by atoms with E-state index in [0.29, 0.717) is 13.1 Å². The number of ether oxygens (including phenoxy) is 2. The van der Waals surface area contributed by atoms with Crippen molar-refractivity contribution >= 4 is 36.2 Å². The van der Waals surface area contributed by atoms with Gasteiger partial charge in [0.1, 0.15) is 24.2 Å². The maximum absolute atomic E-state index is 12.5. The van der Waals surface area contributed by atoms with Crippen molar-refractivity contribution in [2.75, 3.05) is 26.3 Å². The zero-order valence-corrected chi connectivity index (χ0v) is 36.4. The van der Waals surface area contributed by atoms with Crippen molar-refractivity contribution in [2.45, 2.75) is 99.1 Å². The first-order chi connectivity index (χ1) is 24.4. The predicted octanol–water partition coefficient (Wildman–Crippen LogP) is 7.05. The SMILES string of the molecule is CC#CC#CCC(CC#CC#C[Si](C)(C)C)(C(=O)OCC)C(=O)OCC.C[Si](C)(C)C#CC#CCN(CC#CC#C[Si](C)(C)C)Cc1ccccc1. The van der Waals surface area contributed by atoms with Gasteiger partial charge in [0.05, 0.1) is 26.3 Å². The third kappa shape index (κ3) is 24.4. The number of hydrogen-bond acceptors (Lipinski definition) is 5. The molecule has 0 amide bonds. The Morgan fingerprint density at radius 1 is 0.596 bits per heavy atom. The average Bonchev–Trinajstić information content (AvgIpc) is 3.04. The summed E-state index contributed by atoms with van der Waals surface area (Å²) in [6, 6.07) is 10.4. The Labute approximate surface area is 319 Å². The summed E-state index contributed by atoms with van der Waals surface area (Å²) in [5.41, 5.74) is 9.33. The minimum Gasteiger partial charge on any atom is -0.465 e. The molecule has 52 heavy (non-hydrogen) atoms. The molecule has 0 unspecified atom stereocenters. The highest BCUT2D eigenvalue weighted by molar-refractivity contribution is 6.84. The van der Waals surface area contributed by atoms with Gasteiger partial charge >= 0.3 is 11.9 Å². The highest BCUT2D eigenvalue weighted by Gasteiger charge is 2.48. The van der Waals surface area contributed by atoms with Gasteiger partial charge in [-0.3, -0.25) is 14.5 Å². The van der Waals surface area contributed by atoms with Crippen LogP contribution in [0.3, 0.4) is 0 Å². The van der Waals surface area contributed by atoms with E-state index in [-0.39, 0.29) is 26.1 Å². The fourth-order valence-electron chi connectivity index (χ4n) is 3.57. The largest absolute Gasteiger partial charge is 0.465 e. The molecular weight excluding hydrogens is 691 g/mol. The third-order valence-corrected chi connectivity index (χ3v) is 8.63. The normalized spacial score (nSPS) is 9.94. The Hall–Kier alpha value is -4.75. The summed E-state index contributed by atoms with van der Waals surface area (Å²) in [6.45, 7) is 27.1. The molecule has 1 aromatic rings. The van der Waals surface area contributed by atoms with E-state index in [9.17, 15) is 9.59 Å². The third-order valence-electron chi connectivity index (χ3n) is 6.01. The summed E-state index contributed by atoms with van der Waals surface area (Å²) in [4.78, 5) is 27.3. The molecule has 5 nitrogen and oxygen atoms in total. The zero-order valence-electron chi connectivity index (χ0n) is 33.4. The highest BCUT2D eigenvalue weighted by atomic mass is 28.3. The van der Waals surface area contributed by atoms with Crippen LogP contribution in [-0.4, -0.2) is 67.4 Å². The van der Waals surface area contributed by atoms with Crippen LogP contribution in [0.4, 0.5) is 0 Å². The van der Waals surface area contributed by atoms with Gasteiger partial charge in [0.15, 0.2) is 5.41 Å². The molecule has 0 N–H and O–H groups in total. The maximum Gasteiger partial charge on any atom is 0.325 e. The lowest BCUT2D eigenvalue weighted by Gasteiger charge is -2.25. The molecule has 0 radical (unpaired) electrons. The van der Waals surface area contributed by atoms with E-state index in [1.54, 1.807) is 20.8 Å². The van der Waals surface area contributed by atoms with Gasteiger partial charge in [0.25, 0.3) is 0 Å². The van der Waals surface area contributed by atoms with Gasteiger partial charge < -0.3 is 9.47 Å². The number of esters is 2. The molecule has 0 aliphatic rings. The molecular formula is C44H55NO4Si3. The van der Waals surface area contributed by atoms with E-state index in [1.807, 2.05) is 6.07 Å². The highest BCUT2D eigenvalue weighted by Crippen LogP contribution is 2.30. The van der Waals surface area contributed by atoms with E-state index < -0.39 is 41.6 Å². The molecule has 0 saturated carbocycles. The maximum atomic E-state index is 12.5. The van der Waals surface area contributed by atoms with E-state index in [1.165, 1.54) is 5.56 Å². The van der Waals surface area contributed by atoms with Gasteiger partial charge in [-0.2, -0.15) is 0 Å². The number of carbonyl (C=O) groups excluding carboxylic acids is 2. The molecule has 0 heterocycles. The second-order valence-electron chi connectivity index (χ2n) is 14.6. The lowest BCUT2D eigenvalue weighted by atomic mass is 9.81. The van der Waals surface area contributed by atoms with E-state index in [2.05, 4.69) is 182 Å². The van der Waals surface area contributed by atoms with Crippen LogP contribution >= 0.6 is 0 Å². The molecule has 0 aliphatic heterocycles. The molecule has 1 aromatic carbocycles. The zero-order chi connectivity index (χ0) is 39.5. The fourth-order valence-corrected chi connectivity index (χ4v) is 4.88. The topological polar surface area (TPSA) is 55.8 Å². The molecule has 272 valence electrons. The van der Waals surface area contributed by atoms with Crippen LogP contribution in [0.15, 0.2) is 30.3 Å². The van der Waals surface area contributed by atoms with Gasteiger partial charge in [0, 0.05) is 19.4 Å². The summed E-state index contributed by atoms with van der Waals surface area (Å²) < 4.78 is 10.2. The van der Waals surface area contributed by atoms with Crippen LogP contribution in [0.2, 0.25) is 58.9 Å². The lowest BCUT2D eigenvalue weighted by Crippen LogP contribution is -2.41. The number of hydrogen-bond donors (Lipinski definition) is 0. The first kappa shape index (κ1) is 47.3. The van der Waals surface area contributed by atoms with Crippen molar-refractivity contribution in [1.29, 1.82) is 0 Å². The van der Waals surface area contributed by atoms with Crippen molar-refractivity contribution < 1.29 is 19.1 Å². The minimum absolute atomic E-state index is 0.0702. The Kier molecular flexibility index (Phi) is 22.9. The van der Waals surface area contributed by atoms with Gasteiger partial charge in [-0.25, -0.2) is 0 Å². The van der Waals surface area contributed by atoms with Gasteiger partial charge in [-0.05, 0) is 73.7 Å². The van der Waals surface area contributed by atoms with Crippen molar-refractivity contribution in [3.8, 4) is 93.6 Å². The number of carbonyl (C=O) groups is 2. The number of rotatable bonds is 10. The predicted molar refractivity (Wildman–Crippen MR) is 225 cm³/mol. The standard InChI is InChI=1S/C23H29NSi2.C21H26O4Si/c1-25(2,3)20-14-8-12-18-24(22-23-16-10-7-11-17-23)19-13-9-15-21-26(4,5)6;1-7-10-11-13-16-21(19(22)24-8-2,20(23)25-9-3)17-14-12-15-18-26(4,5)6/h7,10-11,16-17H,18-19,22H2,1-6H3;8-9,16-17H2,1-6H3. The van der Waals surface area contributed by atoms with Gasteiger partial charge in [0.2, 0.25) is 0 Å². The number of benzene rings is 1. The van der Waals surface area contributed by atoms with Crippen molar-refractivity contribution in [3.63, 3.8) is 0 Å². The Morgan fingerprint density at radius 3 is 1.35 bits per heavy atom. The summed E-state index contributed by atoms with van der Waals surface area (Å²) in [6.07, 6.45) is -0.144. The van der Waals surface area contributed by atoms with Crippen LogP contribution in [0, 0.1) is 99.0 Å². The molecule has 0 bridgehead atoms. The van der Waals surface area contributed by atoms with E-state index in [0.717, 1.165) is 6.54 Å². The molecule has 0 fully saturated rings. The molecule has 0 atom stereocenters. The first-order valence-electron chi connectivity index (χ1n) is 17.4. The number of nitrogens with zero attached hydrogens (tertiary/aromatic N) is 1. The monoisotopic (exact) mass is 745 g/mol. The average molecular weight is 746 g/mol. The van der Waals surface area contributed by atoms with Crippen LogP contribution in [0.1, 0.15) is 39.2 Å². The van der Waals surface area contributed by atoms with Crippen LogP contribution in [0.5, 0.6) is 0 Å². The van der Waals surface area contributed by atoms with E-state index in [4.69, 9.17) is 9.47 Å². The fraction of sp³-hybridized carbons (Fsp3) is 0.455. The smallest absolute Gasteiger partial charge is 0.325 e. The second-order valence-corrected chi connectivity index (χ2v) is 28.8. The Balaban J connectivity index is 0.00000100. The quantitative estimate of drug-likeness (QED) is 0.111. The molecule has 0 aromatic heterocycles. The van der Waals surface area contributed by atoms with Crippen LogP contribution in [-0.2, 0) is 25.6 Å². The van der Waals surface area contributed by atoms with Crippen molar-refractivity contribution in [2.24, 2.45) is 5.41 Å². The van der Waals surface area contributed by atoms with Crippen LogP contribution in [0.25, 0.3) is 0 Å². The van der Waals surface area contributed by atoms with Gasteiger partial charge in [-0.15, -0.1) is 16.6 Å².